The standard InChI is InChI=1S/C9H16N2/c1-4-5-9(3)11-7-6-8(2)10-11/h6-7,9H,4-5H2,1-3H3. The fourth-order valence-electron chi connectivity index (χ4n) is 1.23. The van der Waals surface area contributed by atoms with E-state index in [1.165, 1.54) is 12.8 Å². The average Bonchev–Trinajstić information content (AvgIpc) is 2.36. The second-order valence-corrected chi connectivity index (χ2v) is 3.07. The largest absolute Gasteiger partial charge is 0.270 e. The van der Waals surface area contributed by atoms with E-state index in [0.29, 0.717) is 6.04 Å². The molecule has 2 heteroatoms. The first-order valence-electron chi connectivity index (χ1n) is 4.25. The Kier molecular flexibility index (Phi) is 2.69. The van der Waals surface area contributed by atoms with E-state index < -0.39 is 0 Å². The van der Waals surface area contributed by atoms with E-state index >= 15 is 0 Å². The van der Waals surface area contributed by atoms with Gasteiger partial charge in [0.25, 0.3) is 0 Å². The molecule has 0 fully saturated rings. The van der Waals surface area contributed by atoms with Gasteiger partial charge in [0.05, 0.1) is 5.69 Å². The maximum Gasteiger partial charge on any atom is 0.0593 e. The fraction of sp³-hybridized carbons (Fsp3) is 0.667. The van der Waals surface area contributed by atoms with Gasteiger partial charge in [-0.1, -0.05) is 13.3 Å². The SMILES string of the molecule is CCCC(C)n1ccc(C)n1. The summed E-state index contributed by atoms with van der Waals surface area (Å²) in [5.41, 5.74) is 1.10. The van der Waals surface area contributed by atoms with Gasteiger partial charge in [-0.15, -0.1) is 0 Å². The van der Waals surface area contributed by atoms with Gasteiger partial charge in [-0.2, -0.15) is 5.10 Å². The number of aryl methyl sites for hydroxylation is 1. The number of nitrogens with zero attached hydrogens (tertiary/aromatic N) is 2. The highest BCUT2D eigenvalue weighted by molar-refractivity contribution is 4.95. The molecule has 62 valence electrons. The van der Waals surface area contributed by atoms with Crippen LogP contribution in [-0.4, -0.2) is 9.78 Å². The molecule has 0 aliphatic heterocycles. The maximum atomic E-state index is 4.35. The highest BCUT2D eigenvalue weighted by atomic mass is 15.3. The van der Waals surface area contributed by atoms with Crippen molar-refractivity contribution in [3.05, 3.63) is 18.0 Å². The molecule has 0 bridgehead atoms. The van der Waals surface area contributed by atoms with Crippen molar-refractivity contribution in [1.82, 2.24) is 9.78 Å². The molecule has 1 aromatic heterocycles. The van der Waals surface area contributed by atoms with Crippen LogP contribution in [0, 0.1) is 6.92 Å². The van der Waals surface area contributed by atoms with E-state index in [4.69, 9.17) is 0 Å². The maximum absolute atomic E-state index is 4.35. The predicted molar refractivity (Wildman–Crippen MR) is 46.6 cm³/mol. The molecule has 0 spiro atoms. The van der Waals surface area contributed by atoms with Crippen LogP contribution in [-0.2, 0) is 0 Å². The van der Waals surface area contributed by atoms with Crippen LogP contribution in [0.2, 0.25) is 0 Å². The molecule has 0 amide bonds. The summed E-state index contributed by atoms with van der Waals surface area (Å²) in [5, 5.41) is 4.35. The third kappa shape index (κ3) is 2.07. The van der Waals surface area contributed by atoms with Gasteiger partial charge in [0.1, 0.15) is 0 Å². The minimum Gasteiger partial charge on any atom is -0.270 e. The van der Waals surface area contributed by atoms with Crippen molar-refractivity contribution in [3.8, 4) is 0 Å². The molecule has 1 atom stereocenters. The Morgan fingerprint density at radius 3 is 2.82 bits per heavy atom. The van der Waals surface area contributed by atoms with Crippen molar-refractivity contribution >= 4 is 0 Å². The molecule has 1 rings (SSSR count). The minimum atomic E-state index is 0.550. The molecule has 0 radical (unpaired) electrons. The van der Waals surface area contributed by atoms with Gasteiger partial charge in [-0.25, -0.2) is 0 Å². The first kappa shape index (κ1) is 8.31. The van der Waals surface area contributed by atoms with Gasteiger partial charge in [-0.05, 0) is 26.3 Å². The predicted octanol–water partition coefficient (Wildman–Crippen LogP) is 2.55. The Morgan fingerprint density at radius 2 is 2.36 bits per heavy atom. The van der Waals surface area contributed by atoms with E-state index in [9.17, 15) is 0 Å². The van der Waals surface area contributed by atoms with Gasteiger partial charge in [0.2, 0.25) is 0 Å². The smallest absolute Gasteiger partial charge is 0.0593 e. The van der Waals surface area contributed by atoms with E-state index in [2.05, 4.69) is 25.1 Å². The molecular formula is C9H16N2. The van der Waals surface area contributed by atoms with Crippen molar-refractivity contribution in [2.24, 2.45) is 0 Å². The molecule has 0 saturated heterocycles. The lowest BCUT2D eigenvalue weighted by atomic mass is 10.2. The van der Waals surface area contributed by atoms with Gasteiger partial charge >= 0.3 is 0 Å². The van der Waals surface area contributed by atoms with Crippen LogP contribution in [0.25, 0.3) is 0 Å². The molecule has 0 aliphatic rings. The van der Waals surface area contributed by atoms with E-state index in [0.717, 1.165) is 5.69 Å². The number of hydrogen-bond acceptors (Lipinski definition) is 1. The summed E-state index contributed by atoms with van der Waals surface area (Å²) in [5.74, 6) is 0. The highest BCUT2D eigenvalue weighted by Gasteiger charge is 2.02. The summed E-state index contributed by atoms with van der Waals surface area (Å²) in [6.45, 7) is 6.43. The van der Waals surface area contributed by atoms with Gasteiger partial charge in [0, 0.05) is 12.2 Å². The zero-order valence-electron chi connectivity index (χ0n) is 7.54. The molecule has 0 N–H and O–H groups in total. The van der Waals surface area contributed by atoms with Crippen LogP contribution in [0.5, 0.6) is 0 Å². The summed E-state index contributed by atoms with van der Waals surface area (Å²) in [6.07, 6.45) is 4.48. The Morgan fingerprint density at radius 1 is 1.64 bits per heavy atom. The van der Waals surface area contributed by atoms with Crippen molar-refractivity contribution in [1.29, 1.82) is 0 Å². The van der Waals surface area contributed by atoms with Crippen molar-refractivity contribution in [3.63, 3.8) is 0 Å². The monoisotopic (exact) mass is 152 g/mol. The zero-order valence-corrected chi connectivity index (χ0v) is 7.54. The zero-order chi connectivity index (χ0) is 8.27. The first-order chi connectivity index (χ1) is 5.24. The summed E-state index contributed by atoms with van der Waals surface area (Å²) < 4.78 is 2.04. The van der Waals surface area contributed by atoms with Crippen LogP contribution in [0.15, 0.2) is 12.3 Å². The molecular weight excluding hydrogens is 136 g/mol. The number of rotatable bonds is 3. The Hall–Kier alpha value is -0.790. The lowest BCUT2D eigenvalue weighted by Crippen LogP contribution is -2.05. The fourth-order valence-corrected chi connectivity index (χ4v) is 1.23. The summed E-state index contributed by atoms with van der Waals surface area (Å²) in [6, 6.07) is 2.60. The number of aromatic nitrogens is 2. The second kappa shape index (κ2) is 3.56. The van der Waals surface area contributed by atoms with Crippen LogP contribution in [0.1, 0.15) is 38.4 Å². The molecule has 1 aromatic rings. The van der Waals surface area contributed by atoms with Crippen molar-refractivity contribution < 1.29 is 0 Å². The van der Waals surface area contributed by atoms with Crippen LogP contribution < -0.4 is 0 Å². The molecule has 0 saturated carbocycles. The van der Waals surface area contributed by atoms with E-state index in [1.807, 2.05) is 17.7 Å². The molecule has 2 nitrogen and oxygen atoms in total. The molecule has 1 heterocycles. The minimum absolute atomic E-state index is 0.550. The quantitative estimate of drug-likeness (QED) is 0.650. The summed E-state index contributed by atoms with van der Waals surface area (Å²) in [7, 11) is 0. The first-order valence-corrected chi connectivity index (χ1v) is 4.25. The third-order valence-corrected chi connectivity index (χ3v) is 1.90. The summed E-state index contributed by atoms with van der Waals surface area (Å²) in [4.78, 5) is 0. The van der Waals surface area contributed by atoms with Gasteiger partial charge in [0.15, 0.2) is 0 Å². The number of hydrogen-bond donors (Lipinski definition) is 0. The van der Waals surface area contributed by atoms with Crippen molar-refractivity contribution in [2.45, 2.75) is 39.7 Å². The van der Waals surface area contributed by atoms with E-state index in [-0.39, 0.29) is 0 Å². The Balaban J connectivity index is 2.60. The van der Waals surface area contributed by atoms with Crippen molar-refractivity contribution in [2.75, 3.05) is 0 Å². The van der Waals surface area contributed by atoms with Gasteiger partial charge < -0.3 is 0 Å². The molecule has 11 heavy (non-hydrogen) atoms. The van der Waals surface area contributed by atoms with Crippen LogP contribution in [0.3, 0.4) is 0 Å². The third-order valence-electron chi connectivity index (χ3n) is 1.90. The topological polar surface area (TPSA) is 17.8 Å². The molecule has 0 aliphatic carbocycles. The lowest BCUT2D eigenvalue weighted by Gasteiger charge is -2.09. The molecule has 1 unspecified atom stereocenters. The normalized spacial score (nSPS) is 13.4. The average molecular weight is 152 g/mol. The lowest BCUT2D eigenvalue weighted by molar-refractivity contribution is 0.453. The second-order valence-electron chi connectivity index (χ2n) is 3.07. The molecule has 0 aromatic carbocycles. The Bertz CT molecular complexity index is 215. The Labute approximate surface area is 68.2 Å². The van der Waals surface area contributed by atoms with E-state index in [1.54, 1.807) is 0 Å². The highest BCUT2D eigenvalue weighted by Crippen LogP contribution is 2.11. The van der Waals surface area contributed by atoms with Gasteiger partial charge in [-0.3, -0.25) is 4.68 Å². The summed E-state index contributed by atoms with van der Waals surface area (Å²) >= 11 is 0. The van der Waals surface area contributed by atoms with Crippen LogP contribution in [0.4, 0.5) is 0 Å². The van der Waals surface area contributed by atoms with Crippen LogP contribution >= 0.6 is 0 Å².